The number of carbonyl (C=O) groups excluding carboxylic acids is 2. The van der Waals surface area contributed by atoms with Crippen LogP contribution in [0.2, 0.25) is 0 Å². The Labute approximate surface area is 133 Å². The van der Waals surface area contributed by atoms with E-state index in [9.17, 15) is 19.7 Å². The first kappa shape index (κ1) is 18.4. The lowest BCUT2D eigenvalue weighted by atomic mass is 10.1. The number of benzene rings is 1. The Kier molecular flexibility index (Phi) is 7.52. The van der Waals surface area contributed by atoms with E-state index in [2.05, 4.69) is 10.1 Å². The van der Waals surface area contributed by atoms with Crippen LogP contribution in [0, 0.1) is 10.1 Å². The molecular weight excluding hydrogens is 304 g/mol. The summed E-state index contributed by atoms with van der Waals surface area (Å²) in [7, 11) is 1.22. The number of unbranched alkanes of at least 4 members (excludes halogenated alkanes) is 1. The van der Waals surface area contributed by atoms with Crippen molar-refractivity contribution in [2.24, 2.45) is 0 Å². The summed E-state index contributed by atoms with van der Waals surface area (Å²) in [5.74, 6) is -0.615. The second-order valence-electron chi connectivity index (χ2n) is 4.84. The van der Waals surface area contributed by atoms with Crippen molar-refractivity contribution < 1.29 is 24.0 Å². The van der Waals surface area contributed by atoms with Gasteiger partial charge in [-0.1, -0.05) is 25.5 Å². The van der Waals surface area contributed by atoms with Crippen molar-refractivity contribution in [3.8, 4) is 0 Å². The first-order valence-corrected chi connectivity index (χ1v) is 7.22. The summed E-state index contributed by atoms with van der Waals surface area (Å²) >= 11 is 0. The molecule has 1 rings (SSSR count). The molecule has 0 radical (unpaired) electrons. The normalized spacial score (nSPS) is 11.4. The smallest absolute Gasteiger partial charge is 0.407 e. The predicted octanol–water partition coefficient (Wildman–Crippen LogP) is 2.21. The van der Waals surface area contributed by atoms with Gasteiger partial charge >= 0.3 is 12.1 Å². The maximum absolute atomic E-state index is 11.8. The lowest BCUT2D eigenvalue weighted by Gasteiger charge is -2.16. The molecule has 0 aliphatic heterocycles. The van der Waals surface area contributed by atoms with E-state index in [1.807, 2.05) is 6.92 Å². The van der Waals surface area contributed by atoms with Gasteiger partial charge in [0.15, 0.2) is 0 Å². The van der Waals surface area contributed by atoms with Crippen LogP contribution in [0.3, 0.4) is 0 Å². The van der Waals surface area contributed by atoms with Crippen LogP contribution in [-0.4, -0.2) is 36.7 Å². The summed E-state index contributed by atoms with van der Waals surface area (Å²) in [6, 6.07) is 4.80. The number of ether oxygens (including phenoxy) is 2. The molecule has 0 aromatic heterocycles. The van der Waals surface area contributed by atoms with Gasteiger partial charge in [-0.05, 0) is 12.0 Å². The number of hydrogen-bond donors (Lipinski definition) is 1. The second kappa shape index (κ2) is 9.39. The fourth-order valence-corrected chi connectivity index (χ4v) is 1.82. The van der Waals surface area contributed by atoms with Crippen LogP contribution in [0.4, 0.5) is 10.5 Å². The highest BCUT2D eigenvalue weighted by Crippen LogP contribution is 2.13. The summed E-state index contributed by atoms with van der Waals surface area (Å²) in [5, 5.41) is 13.1. The first-order valence-electron chi connectivity index (χ1n) is 7.22. The van der Waals surface area contributed by atoms with Crippen LogP contribution in [0.5, 0.6) is 0 Å². The van der Waals surface area contributed by atoms with Crippen molar-refractivity contribution in [2.75, 3.05) is 13.7 Å². The molecule has 0 heterocycles. The number of esters is 1. The highest BCUT2D eigenvalue weighted by Gasteiger charge is 2.23. The average Bonchev–Trinajstić information content (AvgIpc) is 2.54. The SMILES string of the molecule is CCCCOC(=O)NC(Cc1ccc([N+](=O)[O-])cc1)C(=O)OC. The molecule has 1 amide bonds. The topological polar surface area (TPSA) is 108 Å². The number of methoxy groups -OCH3 is 1. The van der Waals surface area contributed by atoms with E-state index in [1.165, 1.54) is 31.4 Å². The van der Waals surface area contributed by atoms with Crippen LogP contribution in [0.25, 0.3) is 0 Å². The molecule has 0 spiro atoms. The molecule has 0 bridgehead atoms. The van der Waals surface area contributed by atoms with Crippen molar-refractivity contribution in [3.63, 3.8) is 0 Å². The fraction of sp³-hybridized carbons (Fsp3) is 0.467. The lowest BCUT2D eigenvalue weighted by molar-refractivity contribution is -0.384. The van der Waals surface area contributed by atoms with E-state index in [4.69, 9.17) is 4.74 Å². The second-order valence-corrected chi connectivity index (χ2v) is 4.84. The minimum atomic E-state index is -0.921. The molecule has 126 valence electrons. The molecule has 23 heavy (non-hydrogen) atoms. The molecule has 0 aliphatic carbocycles. The van der Waals surface area contributed by atoms with Gasteiger partial charge in [-0.15, -0.1) is 0 Å². The van der Waals surface area contributed by atoms with Crippen LogP contribution in [0.15, 0.2) is 24.3 Å². The van der Waals surface area contributed by atoms with Crippen LogP contribution >= 0.6 is 0 Å². The molecule has 0 saturated carbocycles. The van der Waals surface area contributed by atoms with Gasteiger partial charge in [0, 0.05) is 18.6 Å². The Morgan fingerprint density at radius 3 is 2.48 bits per heavy atom. The summed E-state index contributed by atoms with van der Waals surface area (Å²) in [6.07, 6.45) is 1.07. The van der Waals surface area contributed by atoms with Gasteiger partial charge in [-0.25, -0.2) is 9.59 Å². The number of rotatable bonds is 8. The third kappa shape index (κ3) is 6.33. The Balaban J connectivity index is 2.69. The summed E-state index contributed by atoms with van der Waals surface area (Å²) in [4.78, 5) is 33.5. The third-order valence-electron chi connectivity index (χ3n) is 3.10. The van der Waals surface area contributed by atoms with Gasteiger partial charge in [0.25, 0.3) is 5.69 Å². The molecule has 1 aromatic rings. The molecule has 0 aliphatic rings. The van der Waals surface area contributed by atoms with Crippen molar-refractivity contribution in [1.82, 2.24) is 5.32 Å². The van der Waals surface area contributed by atoms with E-state index in [-0.39, 0.29) is 18.7 Å². The molecule has 1 N–H and O–H groups in total. The van der Waals surface area contributed by atoms with E-state index in [0.717, 1.165) is 12.8 Å². The highest BCUT2D eigenvalue weighted by molar-refractivity contribution is 5.81. The maximum Gasteiger partial charge on any atom is 0.407 e. The molecule has 8 nitrogen and oxygen atoms in total. The van der Waals surface area contributed by atoms with Crippen molar-refractivity contribution in [3.05, 3.63) is 39.9 Å². The van der Waals surface area contributed by atoms with Gasteiger partial charge in [0.2, 0.25) is 0 Å². The number of nitro benzene ring substituents is 1. The zero-order valence-electron chi connectivity index (χ0n) is 13.1. The van der Waals surface area contributed by atoms with Crippen molar-refractivity contribution in [1.29, 1.82) is 0 Å². The van der Waals surface area contributed by atoms with Crippen LogP contribution in [0.1, 0.15) is 25.3 Å². The molecular formula is C15H20N2O6. The van der Waals surface area contributed by atoms with Gasteiger partial charge in [-0.3, -0.25) is 10.1 Å². The Morgan fingerprint density at radius 1 is 1.30 bits per heavy atom. The van der Waals surface area contributed by atoms with Crippen molar-refractivity contribution in [2.45, 2.75) is 32.2 Å². The molecule has 1 unspecified atom stereocenters. The van der Waals surface area contributed by atoms with E-state index in [1.54, 1.807) is 0 Å². The summed E-state index contributed by atoms with van der Waals surface area (Å²) < 4.78 is 9.60. The highest BCUT2D eigenvalue weighted by atomic mass is 16.6. The van der Waals surface area contributed by atoms with E-state index >= 15 is 0 Å². The standard InChI is InChI=1S/C15H20N2O6/c1-3-4-9-23-15(19)16-13(14(18)22-2)10-11-5-7-12(8-6-11)17(20)21/h5-8,13H,3-4,9-10H2,1-2H3,(H,16,19). The average molecular weight is 324 g/mol. The maximum atomic E-state index is 11.8. The zero-order chi connectivity index (χ0) is 17.2. The van der Waals surface area contributed by atoms with E-state index in [0.29, 0.717) is 5.56 Å². The number of carbonyl (C=O) groups is 2. The molecule has 8 heteroatoms. The van der Waals surface area contributed by atoms with Gasteiger partial charge < -0.3 is 14.8 Å². The molecule has 1 aromatic carbocycles. The Bertz CT molecular complexity index is 543. The quantitative estimate of drug-likeness (QED) is 0.340. The molecule has 0 saturated heterocycles. The Morgan fingerprint density at radius 2 is 1.96 bits per heavy atom. The largest absolute Gasteiger partial charge is 0.467 e. The predicted molar refractivity (Wildman–Crippen MR) is 82.0 cm³/mol. The van der Waals surface area contributed by atoms with Gasteiger partial charge in [-0.2, -0.15) is 0 Å². The number of non-ortho nitro benzene ring substituents is 1. The number of amides is 1. The molecule has 0 fully saturated rings. The third-order valence-corrected chi connectivity index (χ3v) is 3.10. The van der Waals surface area contributed by atoms with E-state index < -0.39 is 23.0 Å². The van der Waals surface area contributed by atoms with Crippen molar-refractivity contribution >= 4 is 17.7 Å². The first-order chi connectivity index (χ1) is 11.0. The number of nitrogens with zero attached hydrogens (tertiary/aromatic N) is 1. The Hall–Kier alpha value is -2.64. The minimum absolute atomic E-state index is 0.0460. The van der Waals surface area contributed by atoms with Gasteiger partial charge in [0.05, 0.1) is 18.6 Å². The van der Waals surface area contributed by atoms with Crippen LogP contribution < -0.4 is 5.32 Å². The lowest BCUT2D eigenvalue weighted by Crippen LogP contribution is -2.43. The monoisotopic (exact) mass is 324 g/mol. The molecule has 1 atom stereocenters. The van der Waals surface area contributed by atoms with Gasteiger partial charge in [0.1, 0.15) is 6.04 Å². The minimum Gasteiger partial charge on any atom is -0.467 e. The summed E-state index contributed by atoms with van der Waals surface area (Å²) in [6.45, 7) is 2.24. The fourth-order valence-electron chi connectivity index (χ4n) is 1.82. The summed E-state index contributed by atoms with van der Waals surface area (Å²) in [5.41, 5.74) is 0.607. The number of hydrogen-bond acceptors (Lipinski definition) is 6. The zero-order valence-corrected chi connectivity index (χ0v) is 13.1. The number of nitro groups is 1. The van der Waals surface area contributed by atoms with Crippen LogP contribution in [-0.2, 0) is 20.7 Å². The number of nitrogens with one attached hydrogen (secondary N) is 1. The number of alkyl carbamates (subject to hydrolysis) is 1.